The molecule has 1 heterocycles. The number of hydrogen-bond donors (Lipinski definition) is 0. The zero-order chi connectivity index (χ0) is 23.0. The Balaban J connectivity index is 1.33. The lowest BCUT2D eigenvalue weighted by atomic mass is 10.2. The molecule has 0 bridgehead atoms. The van der Waals surface area contributed by atoms with E-state index in [0.717, 1.165) is 0 Å². The van der Waals surface area contributed by atoms with Crippen molar-refractivity contribution in [2.45, 2.75) is 18.9 Å². The number of hydrogen-bond acceptors (Lipinski definition) is 1. The van der Waals surface area contributed by atoms with Crippen molar-refractivity contribution >= 4 is 37.1 Å². The Morgan fingerprint density at radius 2 is 0.971 bits per heavy atom. The van der Waals surface area contributed by atoms with Crippen LogP contribution in [0.15, 0.2) is 121 Å². The van der Waals surface area contributed by atoms with E-state index < -0.39 is 0 Å². The Hall–Kier alpha value is -2.30. The second kappa shape index (κ2) is 11.9. The van der Waals surface area contributed by atoms with E-state index >= 15 is 0 Å². The topological polar surface area (TPSA) is 3.24 Å². The van der Waals surface area contributed by atoms with Crippen molar-refractivity contribution in [3.8, 4) is 0 Å². The van der Waals surface area contributed by atoms with Gasteiger partial charge in [-0.25, -0.2) is 0 Å². The summed E-state index contributed by atoms with van der Waals surface area (Å²) in [6.07, 6.45) is 5.14. The van der Waals surface area contributed by atoms with Gasteiger partial charge in [0.25, 0.3) is 0 Å². The molecule has 4 aromatic rings. The van der Waals surface area contributed by atoms with E-state index in [1.807, 2.05) is 0 Å². The Morgan fingerprint density at radius 3 is 1.41 bits per heavy atom. The number of likely N-dealkylation sites (tertiary alicyclic amines) is 1. The summed E-state index contributed by atoms with van der Waals surface area (Å²) in [5.74, 6) is 0. The van der Waals surface area contributed by atoms with Crippen LogP contribution in [0.4, 0.5) is 0 Å². The summed E-state index contributed by atoms with van der Waals surface area (Å²) < 4.78 is 0. The predicted octanol–water partition coefficient (Wildman–Crippen LogP) is 5.72. The van der Waals surface area contributed by atoms with Crippen LogP contribution < -0.4 is 21.2 Å². The molecule has 0 N–H and O–H groups in total. The summed E-state index contributed by atoms with van der Waals surface area (Å²) in [6, 6.07) is 45.4. The highest BCUT2D eigenvalue weighted by molar-refractivity contribution is 7.73. The standard InChI is InChI=1S/C31H33NP2/c1-5-15-28(16-6-1)33(29-17-7-2-8-18-29)25-24-32-23-13-14-27(32)26-34(30-19-9-3-10-20-30)31-21-11-4-12-22-31/h1-12,15-22,27H,13-14,23-26H2/t27-/m0/s1. The summed E-state index contributed by atoms with van der Waals surface area (Å²) in [7, 11) is -0.669. The summed E-state index contributed by atoms with van der Waals surface area (Å²) in [5, 5.41) is 6.00. The summed E-state index contributed by atoms with van der Waals surface area (Å²) in [4.78, 5) is 2.81. The molecule has 0 saturated carbocycles. The van der Waals surface area contributed by atoms with Crippen LogP contribution in [0.25, 0.3) is 0 Å². The van der Waals surface area contributed by atoms with Crippen LogP contribution in [0.3, 0.4) is 0 Å². The molecule has 1 aliphatic heterocycles. The third-order valence-corrected chi connectivity index (χ3v) is 11.9. The van der Waals surface area contributed by atoms with Gasteiger partial charge < -0.3 is 0 Å². The van der Waals surface area contributed by atoms with Crippen LogP contribution in [0.5, 0.6) is 0 Å². The molecule has 172 valence electrons. The van der Waals surface area contributed by atoms with Gasteiger partial charge in [-0.05, 0) is 68.8 Å². The number of rotatable bonds is 9. The lowest BCUT2D eigenvalue weighted by Crippen LogP contribution is -2.36. The Morgan fingerprint density at radius 1 is 0.559 bits per heavy atom. The van der Waals surface area contributed by atoms with Crippen molar-refractivity contribution < 1.29 is 0 Å². The molecule has 1 nitrogen and oxygen atoms in total. The highest BCUT2D eigenvalue weighted by Gasteiger charge is 2.29. The zero-order valence-electron chi connectivity index (χ0n) is 19.7. The van der Waals surface area contributed by atoms with Gasteiger partial charge in [-0.2, -0.15) is 0 Å². The zero-order valence-corrected chi connectivity index (χ0v) is 21.5. The largest absolute Gasteiger partial charge is 0.300 e. The van der Waals surface area contributed by atoms with E-state index in [-0.39, 0.29) is 15.8 Å². The monoisotopic (exact) mass is 481 g/mol. The number of nitrogens with zero attached hydrogens (tertiary/aromatic N) is 1. The van der Waals surface area contributed by atoms with Crippen molar-refractivity contribution in [1.29, 1.82) is 0 Å². The molecular weight excluding hydrogens is 448 g/mol. The normalized spacial score (nSPS) is 16.4. The van der Waals surface area contributed by atoms with Crippen molar-refractivity contribution in [3.63, 3.8) is 0 Å². The lowest BCUT2D eigenvalue weighted by molar-refractivity contribution is 0.289. The molecule has 0 amide bonds. The minimum Gasteiger partial charge on any atom is -0.300 e. The van der Waals surface area contributed by atoms with Crippen LogP contribution in [-0.2, 0) is 0 Å². The fourth-order valence-electron chi connectivity index (χ4n) is 5.03. The molecule has 0 radical (unpaired) electrons. The highest BCUT2D eigenvalue weighted by atomic mass is 31.1. The Bertz CT molecular complexity index is 1040. The van der Waals surface area contributed by atoms with Crippen molar-refractivity contribution in [2.75, 3.05) is 25.4 Å². The van der Waals surface area contributed by atoms with E-state index in [1.165, 1.54) is 59.5 Å². The molecule has 0 aromatic heterocycles. The molecular formula is C31H33NP2. The summed E-state index contributed by atoms with van der Waals surface area (Å²) in [5.41, 5.74) is 0. The van der Waals surface area contributed by atoms with Crippen LogP contribution in [0.1, 0.15) is 12.8 Å². The Labute approximate surface area is 207 Å². The van der Waals surface area contributed by atoms with E-state index in [0.29, 0.717) is 6.04 Å². The molecule has 4 aromatic carbocycles. The first-order chi connectivity index (χ1) is 16.9. The van der Waals surface area contributed by atoms with Crippen LogP contribution in [-0.4, -0.2) is 36.4 Å². The molecule has 1 saturated heterocycles. The van der Waals surface area contributed by atoms with Gasteiger partial charge in [0.15, 0.2) is 0 Å². The Kier molecular flexibility index (Phi) is 8.21. The van der Waals surface area contributed by atoms with Crippen LogP contribution >= 0.6 is 15.8 Å². The van der Waals surface area contributed by atoms with Crippen molar-refractivity contribution in [2.24, 2.45) is 0 Å². The smallest absolute Gasteiger partial charge is 0.0141 e. The van der Waals surface area contributed by atoms with Gasteiger partial charge in [0, 0.05) is 12.6 Å². The first-order valence-electron chi connectivity index (χ1n) is 12.4. The quantitative estimate of drug-likeness (QED) is 0.277. The van der Waals surface area contributed by atoms with Crippen LogP contribution in [0.2, 0.25) is 0 Å². The van der Waals surface area contributed by atoms with Gasteiger partial charge in [-0.15, -0.1) is 0 Å². The van der Waals surface area contributed by atoms with Gasteiger partial charge in [-0.3, -0.25) is 4.90 Å². The maximum absolute atomic E-state index is 2.81. The molecule has 0 unspecified atom stereocenters. The maximum atomic E-state index is 2.81. The maximum Gasteiger partial charge on any atom is 0.0141 e. The average molecular weight is 482 g/mol. The first-order valence-corrected chi connectivity index (χ1v) is 15.4. The SMILES string of the molecule is c1ccc(P(CCN2CCC[C@H]2CP(c2ccccc2)c2ccccc2)c2ccccc2)cc1. The van der Waals surface area contributed by atoms with Gasteiger partial charge in [-0.1, -0.05) is 121 Å². The minimum absolute atomic E-state index is 0.330. The molecule has 1 aliphatic rings. The molecule has 3 heteroatoms. The second-order valence-electron chi connectivity index (χ2n) is 8.94. The van der Waals surface area contributed by atoms with E-state index in [1.54, 1.807) is 0 Å². The third-order valence-electron chi connectivity index (χ3n) is 6.77. The van der Waals surface area contributed by atoms with Gasteiger partial charge in [0.2, 0.25) is 0 Å². The summed E-state index contributed by atoms with van der Waals surface area (Å²) in [6.45, 7) is 2.43. The van der Waals surface area contributed by atoms with E-state index in [2.05, 4.69) is 126 Å². The summed E-state index contributed by atoms with van der Waals surface area (Å²) >= 11 is 0. The first kappa shape index (κ1) is 23.4. The molecule has 1 fully saturated rings. The molecule has 1 atom stereocenters. The fourth-order valence-corrected chi connectivity index (χ4v) is 9.99. The van der Waals surface area contributed by atoms with E-state index in [9.17, 15) is 0 Å². The minimum atomic E-state index is -0.339. The average Bonchev–Trinajstić information content (AvgIpc) is 3.36. The van der Waals surface area contributed by atoms with Crippen molar-refractivity contribution in [3.05, 3.63) is 121 Å². The number of benzene rings is 4. The molecule has 0 spiro atoms. The van der Waals surface area contributed by atoms with Gasteiger partial charge in [0.1, 0.15) is 0 Å². The lowest BCUT2D eigenvalue weighted by Gasteiger charge is -2.30. The third kappa shape index (κ3) is 5.84. The highest BCUT2D eigenvalue weighted by Crippen LogP contribution is 2.39. The second-order valence-corrected chi connectivity index (χ2v) is 13.5. The van der Waals surface area contributed by atoms with Gasteiger partial charge >= 0.3 is 0 Å². The van der Waals surface area contributed by atoms with Gasteiger partial charge in [0.05, 0.1) is 0 Å². The van der Waals surface area contributed by atoms with Crippen LogP contribution in [0, 0.1) is 0 Å². The fraction of sp³-hybridized carbons (Fsp3) is 0.226. The van der Waals surface area contributed by atoms with Crippen molar-refractivity contribution in [1.82, 2.24) is 4.90 Å². The molecule has 34 heavy (non-hydrogen) atoms. The van der Waals surface area contributed by atoms with E-state index in [4.69, 9.17) is 0 Å². The molecule has 5 rings (SSSR count). The molecule has 0 aliphatic carbocycles. The predicted molar refractivity (Wildman–Crippen MR) is 152 cm³/mol.